The van der Waals surface area contributed by atoms with Crippen molar-refractivity contribution in [2.75, 3.05) is 23.5 Å². The van der Waals surface area contributed by atoms with Gasteiger partial charge in [0.25, 0.3) is 5.91 Å². The summed E-state index contributed by atoms with van der Waals surface area (Å²) < 4.78 is 5.40. The summed E-state index contributed by atoms with van der Waals surface area (Å²) >= 11 is 1.49. The fourth-order valence-corrected chi connectivity index (χ4v) is 4.16. The fourth-order valence-electron chi connectivity index (χ4n) is 3.54. The standard InChI is InChI=1S/C24H20N2O5S/c1-31-21-7-3-2-5-17(21)14-25-19-10-8-16(24(29)30)13-20(19)26(15-23(25)28)22(27)11-9-18-6-4-12-32-18/h2-13H,14-15H2,1H3,(H,29,30)/b11-9+. The predicted molar refractivity (Wildman–Crippen MR) is 123 cm³/mol. The molecule has 1 aliphatic heterocycles. The molecule has 162 valence electrons. The zero-order valence-corrected chi connectivity index (χ0v) is 18.0. The Labute approximate surface area is 188 Å². The minimum absolute atomic E-state index is 0.0374. The Kier molecular flexibility index (Phi) is 6.04. The first-order valence-corrected chi connectivity index (χ1v) is 10.7. The summed E-state index contributed by atoms with van der Waals surface area (Å²) in [4.78, 5) is 41.3. The van der Waals surface area contributed by atoms with Gasteiger partial charge < -0.3 is 14.7 Å². The van der Waals surface area contributed by atoms with E-state index in [0.29, 0.717) is 17.1 Å². The molecule has 0 radical (unpaired) electrons. The van der Waals surface area contributed by atoms with Gasteiger partial charge in [-0.05, 0) is 41.8 Å². The topological polar surface area (TPSA) is 87.2 Å². The molecule has 0 fully saturated rings. The van der Waals surface area contributed by atoms with Crippen LogP contribution < -0.4 is 14.5 Å². The Bertz CT molecular complexity index is 1200. The second kappa shape index (κ2) is 9.07. The molecule has 2 aromatic carbocycles. The second-order valence-electron chi connectivity index (χ2n) is 7.07. The van der Waals surface area contributed by atoms with Gasteiger partial charge in [0, 0.05) is 16.5 Å². The van der Waals surface area contributed by atoms with Crippen LogP contribution in [-0.2, 0) is 16.1 Å². The smallest absolute Gasteiger partial charge is 0.335 e. The van der Waals surface area contributed by atoms with Crippen LogP contribution in [0.25, 0.3) is 6.08 Å². The highest BCUT2D eigenvalue weighted by Gasteiger charge is 2.33. The number of aromatic carboxylic acids is 1. The molecule has 2 amide bonds. The Morgan fingerprint density at radius 3 is 2.66 bits per heavy atom. The van der Waals surface area contributed by atoms with Gasteiger partial charge in [-0.25, -0.2) is 4.79 Å². The first-order chi connectivity index (χ1) is 15.5. The summed E-state index contributed by atoms with van der Waals surface area (Å²) in [6, 6.07) is 15.5. The fraction of sp³-hybridized carbons (Fsp3) is 0.125. The van der Waals surface area contributed by atoms with E-state index < -0.39 is 11.9 Å². The first kappa shape index (κ1) is 21.3. The zero-order valence-electron chi connectivity index (χ0n) is 17.2. The van der Waals surface area contributed by atoms with Crippen molar-refractivity contribution in [3.05, 3.63) is 82.1 Å². The molecule has 0 unspecified atom stereocenters. The lowest BCUT2D eigenvalue weighted by Gasteiger charge is -2.36. The van der Waals surface area contributed by atoms with Crippen LogP contribution >= 0.6 is 11.3 Å². The number of carboxylic acids is 1. The van der Waals surface area contributed by atoms with E-state index in [1.807, 2.05) is 41.8 Å². The van der Waals surface area contributed by atoms with E-state index in [-0.39, 0.29) is 24.6 Å². The summed E-state index contributed by atoms with van der Waals surface area (Å²) in [5.41, 5.74) is 1.68. The number of amides is 2. The van der Waals surface area contributed by atoms with Gasteiger partial charge in [-0.2, -0.15) is 0 Å². The first-order valence-electron chi connectivity index (χ1n) is 9.80. The third-order valence-electron chi connectivity index (χ3n) is 5.12. The van der Waals surface area contributed by atoms with Gasteiger partial charge in [-0.3, -0.25) is 14.5 Å². The average molecular weight is 449 g/mol. The third kappa shape index (κ3) is 4.26. The highest BCUT2D eigenvalue weighted by atomic mass is 32.1. The SMILES string of the molecule is COc1ccccc1CN1C(=O)CN(C(=O)/C=C/c2cccs2)c2cc(C(=O)O)ccc21. The molecule has 7 nitrogen and oxygen atoms in total. The Balaban J connectivity index is 1.72. The molecule has 1 aromatic heterocycles. The summed E-state index contributed by atoms with van der Waals surface area (Å²) in [6.07, 6.45) is 3.08. The van der Waals surface area contributed by atoms with E-state index in [1.54, 1.807) is 24.2 Å². The highest BCUT2D eigenvalue weighted by molar-refractivity contribution is 7.10. The number of fused-ring (bicyclic) bond motifs is 1. The zero-order chi connectivity index (χ0) is 22.7. The number of para-hydroxylation sites is 1. The Morgan fingerprint density at radius 1 is 1.12 bits per heavy atom. The van der Waals surface area contributed by atoms with E-state index in [2.05, 4.69) is 0 Å². The Morgan fingerprint density at radius 2 is 1.94 bits per heavy atom. The molecule has 32 heavy (non-hydrogen) atoms. The second-order valence-corrected chi connectivity index (χ2v) is 8.05. The molecule has 0 spiro atoms. The van der Waals surface area contributed by atoms with Crippen molar-refractivity contribution in [1.82, 2.24) is 0 Å². The molecule has 3 aromatic rings. The molecule has 0 saturated carbocycles. The van der Waals surface area contributed by atoms with Gasteiger partial charge in [-0.1, -0.05) is 24.3 Å². The van der Waals surface area contributed by atoms with Gasteiger partial charge in [0.1, 0.15) is 12.3 Å². The number of thiophene rings is 1. The summed E-state index contributed by atoms with van der Waals surface area (Å²) in [5.74, 6) is -1.14. The lowest BCUT2D eigenvalue weighted by Crippen LogP contribution is -2.47. The summed E-state index contributed by atoms with van der Waals surface area (Å²) in [5, 5.41) is 11.3. The van der Waals surface area contributed by atoms with Crippen LogP contribution in [0.2, 0.25) is 0 Å². The van der Waals surface area contributed by atoms with Crippen LogP contribution in [0.1, 0.15) is 20.8 Å². The number of rotatable bonds is 6. The lowest BCUT2D eigenvalue weighted by atomic mass is 10.1. The van der Waals surface area contributed by atoms with Crippen molar-refractivity contribution in [3.8, 4) is 5.75 Å². The normalized spacial score (nSPS) is 13.3. The van der Waals surface area contributed by atoms with Crippen LogP contribution in [0.5, 0.6) is 5.75 Å². The molecule has 0 aliphatic carbocycles. The highest BCUT2D eigenvalue weighted by Crippen LogP contribution is 2.36. The van der Waals surface area contributed by atoms with Crippen LogP contribution in [0.4, 0.5) is 11.4 Å². The molecule has 0 atom stereocenters. The number of nitrogens with zero attached hydrogens (tertiary/aromatic N) is 2. The maximum absolute atomic E-state index is 13.1. The van der Waals surface area contributed by atoms with Gasteiger partial charge in [0.15, 0.2) is 0 Å². The van der Waals surface area contributed by atoms with Crippen LogP contribution in [-0.4, -0.2) is 36.5 Å². The maximum Gasteiger partial charge on any atom is 0.335 e. The molecule has 1 N–H and O–H groups in total. The van der Waals surface area contributed by atoms with Crippen molar-refractivity contribution >= 4 is 46.6 Å². The molecule has 8 heteroatoms. The van der Waals surface area contributed by atoms with Crippen molar-refractivity contribution in [2.24, 2.45) is 0 Å². The molecular formula is C24H20N2O5S. The molecule has 0 saturated heterocycles. The van der Waals surface area contributed by atoms with E-state index in [9.17, 15) is 19.5 Å². The molecule has 2 heterocycles. The molecule has 4 rings (SSSR count). The monoisotopic (exact) mass is 448 g/mol. The summed E-state index contributed by atoms with van der Waals surface area (Å²) in [7, 11) is 1.56. The van der Waals surface area contributed by atoms with Gasteiger partial charge in [0.05, 0.1) is 30.6 Å². The average Bonchev–Trinajstić information content (AvgIpc) is 3.32. The lowest BCUT2D eigenvalue weighted by molar-refractivity contribution is -0.120. The maximum atomic E-state index is 13.1. The molecule has 0 bridgehead atoms. The quantitative estimate of drug-likeness (QED) is 0.575. The van der Waals surface area contributed by atoms with Gasteiger partial charge >= 0.3 is 5.97 Å². The van der Waals surface area contributed by atoms with Crippen molar-refractivity contribution in [1.29, 1.82) is 0 Å². The van der Waals surface area contributed by atoms with Crippen LogP contribution in [0.3, 0.4) is 0 Å². The van der Waals surface area contributed by atoms with Crippen LogP contribution in [0, 0.1) is 0 Å². The van der Waals surface area contributed by atoms with Crippen LogP contribution in [0.15, 0.2) is 66.1 Å². The number of methoxy groups -OCH3 is 1. The van der Waals surface area contributed by atoms with Crippen molar-refractivity contribution < 1.29 is 24.2 Å². The molecule has 1 aliphatic rings. The number of benzene rings is 2. The minimum atomic E-state index is -1.11. The minimum Gasteiger partial charge on any atom is -0.496 e. The number of hydrogen-bond donors (Lipinski definition) is 1. The van der Waals surface area contributed by atoms with E-state index in [0.717, 1.165) is 10.4 Å². The van der Waals surface area contributed by atoms with E-state index in [1.165, 1.54) is 34.4 Å². The largest absolute Gasteiger partial charge is 0.496 e. The third-order valence-corrected chi connectivity index (χ3v) is 5.96. The predicted octanol–water partition coefficient (Wildman–Crippen LogP) is 4.05. The van der Waals surface area contributed by atoms with Crippen molar-refractivity contribution in [3.63, 3.8) is 0 Å². The number of carboxylic acid groups (broad SMARTS) is 1. The number of anilines is 2. The number of carbonyl (C=O) groups is 3. The van der Waals surface area contributed by atoms with E-state index >= 15 is 0 Å². The number of carbonyl (C=O) groups excluding carboxylic acids is 2. The van der Waals surface area contributed by atoms with Gasteiger partial charge in [-0.15, -0.1) is 11.3 Å². The molecular weight excluding hydrogens is 428 g/mol. The summed E-state index contributed by atoms with van der Waals surface area (Å²) in [6.45, 7) is 0.0359. The van der Waals surface area contributed by atoms with Gasteiger partial charge in [0.2, 0.25) is 5.91 Å². The number of ether oxygens (including phenoxy) is 1. The Hall–Kier alpha value is -3.91. The van der Waals surface area contributed by atoms with E-state index in [4.69, 9.17) is 4.74 Å². The van der Waals surface area contributed by atoms with Crippen molar-refractivity contribution in [2.45, 2.75) is 6.54 Å². The number of hydrogen-bond acceptors (Lipinski definition) is 5.